The van der Waals surface area contributed by atoms with E-state index in [1.54, 1.807) is 9.80 Å². The van der Waals surface area contributed by atoms with Gasteiger partial charge >= 0.3 is 0 Å². The van der Waals surface area contributed by atoms with E-state index >= 15 is 0 Å². The molecule has 0 unspecified atom stereocenters. The van der Waals surface area contributed by atoms with Gasteiger partial charge in [-0.2, -0.15) is 0 Å². The van der Waals surface area contributed by atoms with Crippen LogP contribution in [0, 0.1) is 5.41 Å². The topological polar surface area (TPSA) is 40.6 Å². The first kappa shape index (κ1) is 12.0. The van der Waals surface area contributed by atoms with Crippen LogP contribution in [0.25, 0.3) is 0 Å². The highest BCUT2D eigenvalue weighted by Crippen LogP contribution is 2.18. The predicted molar refractivity (Wildman–Crippen MR) is 58.3 cm³/mol. The van der Waals surface area contributed by atoms with Crippen LogP contribution in [-0.2, 0) is 9.59 Å². The van der Waals surface area contributed by atoms with E-state index in [0.717, 1.165) is 6.54 Å². The van der Waals surface area contributed by atoms with Crippen molar-refractivity contribution in [3.63, 3.8) is 0 Å². The molecule has 0 N–H and O–H groups in total. The van der Waals surface area contributed by atoms with E-state index < -0.39 is 5.41 Å². The Morgan fingerprint density at radius 3 is 2.33 bits per heavy atom. The van der Waals surface area contributed by atoms with Crippen LogP contribution in [-0.4, -0.2) is 47.8 Å². The minimum Gasteiger partial charge on any atom is -0.340 e. The van der Waals surface area contributed by atoms with Crippen molar-refractivity contribution in [3.8, 4) is 0 Å². The minimum atomic E-state index is -0.394. The van der Waals surface area contributed by atoms with E-state index in [2.05, 4.69) is 0 Å². The van der Waals surface area contributed by atoms with E-state index in [0.29, 0.717) is 13.1 Å². The van der Waals surface area contributed by atoms with Crippen LogP contribution in [0.15, 0.2) is 0 Å². The molecular weight excluding hydrogens is 192 g/mol. The third-order valence-electron chi connectivity index (χ3n) is 2.63. The molecule has 0 saturated carbocycles. The Kier molecular flexibility index (Phi) is 3.37. The van der Waals surface area contributed by atoms with Crippen molar-refractivity contribution in [3.05, 3.63) is 0 Å². The number of carbonyl (C=O) groups is 2. The molecule has 0 radical (unpaired) electrons. The zero-order valence-electron chi connectivity index (χ0n) is 10.0. The largest absolute Gasteiger partial charge is 0.340 e. The van der Waals surface area contributed by atoms with Gasteiger partial charge in [-0.1, -0.05) is 20.8 Å². The average Bonchev–Trinajstić information content (AvgIpc) is 2.15. The molecule has 2 amide bonds. The number of hydrogen-bond acceptors (Lipinski definition) is 2. The van der Waals surface area contributed by atoms with Crippen molar-refractivity contribution >= 4 is 11.8 Å². The molecule has 0 bridgehead atoms. The first-order chi connectivity index (χ1) is 6.86. The van der Waals surface area contributed by atoms with Gasteiger partial charge < -0.3 is 9.80 Å². The van der Waals surface area contributed by atoms with Crippen LogP contribution < -0.4 is 0 Å². The number of carbonyl (C=O) groups excluding carboxylic acids is 2. The lowest BCUT2D eigenvalue weighted by Crippen LogP contribution is -2.54. The van der Waals surface area contributed by atoms with Gasteiger partial charge in [-0.05, 0) is 6.92 Å². The molecule has 1 rings (SSSR count). The third kappa shape index (κ3) is 2.70. The summed E-state index contributed by atoms with van der Waals surface area (Å²) in [5.74, 6) is 0.118. The maximum atomic E-state index is 11.9. The Balaban J connectivity index is 2.62. The molecule has 0 atom stereocenters. The number of amides is 2. The number of nitrogens with zero attached hydrogens (tertiary/aromatic N) is 2. The normalized spacial score (nSPS) is 18.3. The monoisotopic (exact) mass is 212 g/mol. The Morgan fingerprint density at radius 1 is 1.33 bits per heavy atom. The summed E-state index contributed by atoms with van der Waals surface area (Å²) in [5, 5.41) is 0. The van der Waals surface area contributed by atoms with Gasteiger partial charge in [-0.15, -0.1) is 0 Å². The Bertz CT molecular complexity index is 268. The smallest absolute Gasteiger partial charge is 0.242 e. The molecule has 1 fully saturated rings. The standard InChI is InChI=1S/C11H20N2O2/c1-5-12-6-7-13(8-9(12)14)10(15)11(2,3)4/h5-8H2,1-4H3. The van der Waals surface area contributed by atoms with E-state index in [9.17, 15) is 9.59 Å². The van der Waals surface area contributed by atoms with Crippen LogP contribution in [0.3, 0.4) is 0 Å². The summed E-state index contributed by atoms with van der Waals surface area (Å²) in [4.78, 5) is 27.0. The van der Waals surface area contributed by atoms with Crippen molar-refractivity contribution in [2.45, 2.75) is 27.7 Å². The van der Waals surface area contributed by atoms with Gasteiger partial charge in [0.05, 0.1) is 6.54 Å². The molecule has 0 spiro atoms. The van der Waals surface area contributed by atoms with E-state index in [1.807, 2.05) is 27.7 Å². The summed E-state index contributed by atoms with van der Waals surface area (Å²) < 4.78 is 0. The summed E-state index contributed by atoms with van der Waals surface area (Å²) in [6, 6.07) is 0. The Labute approximate surface area is 91.2 Å². The lowest BCUT2D eigenvalue weighted by atomic mass is 9.94. The lowest BCUT2D eigenvalue weighted by Gasteiger charge is -2.36. The van der Waals surface area contributed by atoms with Crippen molar-refractivity contribution in [2.24, 2.45) is 5.41 Å². The Morgan fingerprint density at radius 2 is 1.93 bits per heavy atom. The van der Waals surface area contributed by atoms with Gasteiger partial charge in [0.25, 0.3) is 0 Å². The lowest BCUT2D eigenvalue weighted by molar-refractivity contribution is -0.149. The molecule has 0 aromatic carbocycles. The molecule has 1 heterocycles. The molecule has 1 aliphatic rings. The predicted octanol–water partition coefficient (Wildman–Crippen LogP) is 0.723. The maximum absolute atomic E-state index is 11.9. The van der Waals surface area contributed by atoms with Crippen molar-refractivity contribution < 1.29 is 9.59 Å². The van der Waals surface area contributed by atoms with Crippen molar-refractivity contribution in [1.29, 1.82) is 0 Å². The number of rotatable bonds is 1. The molecule has 0 aromatic heterocycles. The van der Waals surface area contributed by atoms with Crippen molar-refractivity contribution in [2.75, 3.05) is 26.2 Å². The van der Waals surface area contributed by atoms with Crippen LogP contribution >= 0.6 is 0 Å². The number of piperazine rings is 1. The van der Waals surface area contributed by atoms with E-state index in [-0.39, 0.29) is 18.4 Å². The Hall–Kier alpha value is -1.06. The van der Waals surface area contributed by atoms with Gasteiger partial charge in [0.2, 0.25) is 11.8 Å². The molecular formula is C11H20N2O2. The summed E-state index contributed by atoms with van der Waals surface area (Å²) in [5.41, 5.74) is -0.394. The summed E-state index contributed by atoms with van der Waals surface area (Å²) >= 11 is 0. The van der Waals surface area contributed by atoms with Gasteiger partial charge in [0, 0.05) is 25.0 Å². The van der Waals surface area contributed by atoms with Crippen molar-refractivity contribution in [1.82, 2.24) is 9.80 Å². The zero-order chi connectivity index (χ0) is 11.6. The summed E-state index contributed by atoms with van der Waals surface area (Å²) in [6.07, 6.45) is 0. The number of hydrogen-bond donors (Lipinski definition) is 0. The fraction of sp³-hybridized carbons (Fsp3) is 0.818. The maximum Gasteiger partial charge on any atom is 0.242 e. The summed E-state index contributed by atoms with van der Waals surface area (Å²) in [7, 11) is 0. The molecule has 15 heavy (non-hydrogen) atoms. The minimum absolute atomic E-state index is 0.0568. The SMILES string of the molecule is CCN1CCN(C(=O)C(C)(C)C)CC1=O. The van der Waals surface area contributed by atoms with Gasteiger partial charge in [0.1, 0.15) is 0 Å². The number of likely N-dealkylation sites (N-methyl/N-ethyl adjacent to an activating group) is 1. The van der Waals surface area contributed by atoms with E-state index in [4.69, 9.17) is 0 Å². The van der Waals surface area contributed by atoms with Crippen LogP contribution in [0.2, 0.25) is 0 Å². The highest BCUT2D eigenvalue weighted by atomic mass is 16.2. The molecule has 4 heteroatoms. The zero-order valence-corrected chi connectivity index (χ0v) is 10.0. The third-order valence-corrected chi connectivity index (χ3v) is 2.63. The second-order valence-electron chi connectivity index (χ2n) is 4.95. The second-order valence-corrected chi connectivity index (χ2v) is 4.95. The van der Waals surface area contributed by atoms with E-state index in [1.165, 1.54) is 0 Å². The fourth-order valence-electron chi connectivity index (χ4n) is 1.69. The highest BCUT2D eigenvalue weighted by molar-refractivity contribution is 5.88. The molecule has 0 aromatic rings. The first-order valence-corrected chi connectivity index (χ1v) is 5.43. The second kappa shape index (κ2) is 4.21. The van der Waals surface area contributed by atoms with Gasteiger partial charge in [-0.25, -0.2) is 0 Å². The van der Waals surface area contributed by atoms with Gasteiger partial charge in [-0.3, -0.25) is 9.59 Å². The summed E-state index contributed by atoms with van der Waals surface area (Å²) in [6.45, 7) is 9.90. The van der Waals surface area contributed by atoms with Crippen LogP contribution in [0.5, 0.6) is 0 Å². The molecule has 86 valence electrons. The quantitative estimate of drug-likeness (QED) is 0.642. The molecule has 1 saturated heterocycles. The highest BCUT2D eigenvalue weighted by Gasteiger charge is 2.32. The van der Waals surface area contributed by atoms with Gasteiger partial charge in [0.15, 0.2) is 0 Å². The van der Waals surface area contributed by atoms with Crippen LogP contribution in [0.4, 0.5) is 0 Å². The fourth-order valence-corrected chi connectivity index (χ4v) is 1.69. The molecule has 4 nitrogen and oxygen atoms in total. The first-order valence-electron chi connectivity index (χ1n) is 5.43. The molecule has 1 aliphatic heterocycles. The van der Waals surface area contributed by atoms with Crippen LogP contribution in [0.1, 0.15) is 27.7 Å². The average molecular weight is 212 g/mol. The molecule has 0 aliphatic carbocycles.